The van der Waals surface area contributed by atoms with E-state index in [9.17, 15) is 8.42 Å². The molecular formula is C15H31N3O2S. The highest BCUT2D eigenvalue weighted by Crippen LogP contribution is 2.39. The van der Waals surface area contributed by atoms with Crippen molar-refractivity contribution in [1.29, 1.82) is 0 Å². The normalized spacial score (nSPS) is 31.9. The van der Waals surface area contributed by atoms with Crippen LogP contribution >= 0.6 is 0 Å². The molecule has 0 aromatic heterocycles. The first-order chi connectivity index (χ1) is 9.96. The summed E-state index contributed by atoms with van der Waals surface area (Å²) in [5.74, 6) is 0.551. The zero-order valence-electron chi connectivity index (χ0n) is 13.6. The van der Waals surface area contributed by atoms with Crippen molar-refractivity contribution in [3.63, 3.8) is 0 Å². The lowest BCUT2D eigenvalue weighted by atomic mass is 9.76. The Labute approximate surface area is 130 Å². The number of rotatable bonds is 6. The van der Waals surface area contributed by atoms with Crippen molar-refractivity contribution in [2.75, 3.05) is 26.2 Å². The molecule has 2 atom stereocenters. The molecule has 0 amide bonds. The molecule has 124 valence electrons. The predicted octanol–water partition coefficient (Wildman–Crippen LogP) is 1.95. The van der Waals surface area contributed by atoms with Gasteiger partial charge in [-0.15, -0.1) is 0 Å². The summed E-state index contributed by atoms with van der Waals surface area (Å²) >= 11 is 0. The van der Waals surface area contributed by atoms with E-state index in [1.165, 1.54) is 6.42 Å². The van der Waals surface area contributed by atoms with Crippen molar-refractivity contribution in [3.05, 3.63) is 0 Å². The molecule has 2 aliphatic rings. The van der Waals surface area contributed by atoms with Crippen molar-refractivity contribution >= 4 is 10.2 Å². The zero-order valence-corrected chi connectivity index (χ0v) is 14.4. The van der Waals surface area contributed by atoms with E-state index < -0.39 is 10.2 Å². The Morgan fingerprint density at radius 3 is 2.48 bits per heavy atom. The molecule has 1 saturated carbocycles. The van der Waals surface area contributed by atoms with Crippen LogP contribution in [0.1, 0.15) is 58.8 Å². The minimum absolute atomic E-state index is 0.366. The van der Waals surface area contributed by atoms with E-state index in [1.54, 1.807) is 8.61 Å². The van der Waals surface area contributed by atoms with Gasteiger partial charge in [-0.1, -0.05) is 26.7 Å². The largest absolute Gasteiger partial charge is 0.329 e. The third-order valence-corrected chi connectivity index (χ3v) is 7.22. The van der Waals surface area contributed by atoms with E-state index in [4.69, 9.17) is 5.73 Å². The van der Waals surface area contributed by atoms with Crippen LogP contribution < -0.4 is 5.73 Å². The van der Waals surface area contributed by atoms with Gasteiger partial charge in [-0.05, 0) is 38.0 Å². The lowest BCUT2D eigenvalue weighted by molar-refractivity contribution is 0.103. The maximum Gasteiger partial charge on any atom is 0.282 e. The number of hydrogen-bond donors (Lipinski definition) is 1. The van der Waals surface area contributed by atoms with Gasteiger partial charge in [0.2, 0.25) is 0 Å². The van der Waals surface area contributed by atoms with Crippen LogP contribution in [-0.2, 0) is 10.2 Å². The molecule has 1 aliphatic heterocycles. The first-order valence-corrected chi connectivity index (χ1v) is 9.84. The average molecular weight is 317 g/mol. The van der Waals surface area contributed by atoms with Crippen LogP contribution in [0.4, 0.5) is 0 Å². The number of nitrogens with two attached hydrogens (primary N) is 1. The van der Waals surface area contributed by atoms with Crippen molar-refractivity contribution < 1.29 is 8.42 Å². The molecule has 0 aromatic carbocycles. The van der Waals surface area contributed by atoms with Crippen LogP contribution in [0.3, 0.4) is 0 Å². The van der Waals surface area contributed by atoms with Gasteiger partial charge in [0.25, 0.3) is 10.2 Å². The van der Waals surface area contributed by atoms with E-state index in [-0.39, 0.29) is 5.54 Å². The summed E-state index contributed by atoms with van der Waals surface area (Å²) in [6.07, 6.45) is 6.86. The highest BCUT2D eigenvalue weighted by atomic mass is 32.2. The lowest BCUT2D eigenvalue weighted by Gasteiger charge is -2.47. The topological polar surface area (TPSA) is 66.6 Å². The van der Waals surface area contributed by atoms with Gasteiger partial charge in [0, 0.05) is 31.7 Å². The second-order valence-electron chi connectivity index (χ2n) is 6.82. The standard InChI is InChI=1S/C15H31N3O2S/c1-3-9-18(21(19,20)17-10-4-5-11-17)15(13-16)8-6-7-14(2)12-15/h14H,3-13,16H2,1-2H3. The van der Waals surface area contributed by atoms with Crippen LogP contribution in [0.15, 0.2) is 0 Å². The second-order valence-corrected chi connectivity index (χ2v) is 8.67. The Hall–Kier alpha value is -0.170. The van der Waals surface area contributed by atoms with Crippen LogP contribution in [-0.4, -0.2) is 48.7 Å². The van der Waals surface area contributed by atoms with Crippen molar-refractivity contribution in [1.82, 2.24) is 8.61 Å². The summed E-state index contributed by atoms with van der Waals surface area (Å²) in [5.41, 5.74) is 5.74. The van der Waals surface area contributed by atoms with Gasteiger partial charge in [-0.2, -0.15) is 17.0 Å². The van der Waals surface area contributed by atoms with Crippen molar-refractivity contribution in [3.8, 4) is 0 Å². The Bertz CT molecular complexity index is 434. The van der Waals surface area contributed by atoms with Crippen molar-refractivity contribution in [2.45, 2.75) is 64.3 Å². The summed E-state index contributed by atoms with van der Waals surface area (Å²) in [6.45, 7) is 6.61. The second kappa shape index (κ2) is 6.94. The van der Waals surface area contributed by atoms with Gasteiger partial charge in [-0.3, -0.25) is 0 Å². The fourth-order valence-corrected chi connectivity index (χ4v) is 6.15. The van der Waals surface area contributed by atoms with Gasteiger partial charge in [0.15, 0.2) is 0 Å². The molecule has 0 aromatic rings. The SMILES string of the molecule is CCCN(C1(CN)CCCC(C)C1)S(=O)(=O)N1CCCC1. The zero-order chi connectivity index (χ0) is 15.5. The Kier molecular flexibility index (Phi) is 5.68. The molecular weight excluding hydrogens is 286 g/mol. The van der Waals surface area contributed by atoms with Gasteiger partial charge in [0.05, 0.1) is 0 Å². The van der Waals surface area contributed by atoms with E-state index in [0.29, 0.717) is 32.1 Å². The molecule has 2 unspecified atom stereocenters. The quantitative estimate of drug-likeness (QED) is 0.814. The molecule has 0 spiro atoms. The lowest BCUT2D eigenvalue weighted by Crippen LogP contribution is -2.61. The molecule has 6 heteroatoms. The highest BCUT2D eigenvalue weighted by molar-refractivity contribution is 7.86. The Morgan fingerprint density at radius 1 is 1.29 bits per heavy atom. The maximum atomic E-state index is 13.1. The Balaban J connectivity index is 2.31. The minimum atomic E-state index is -3.37. The molecule has 21 heavy (non-hydrogen) atoms. The molecule has 1 aliphatic carbocycles. The predicted molar refractivity (Wildman–Crippen MR) is 86.1 cm³/mol. The van der Waals surface area contributed by atoms with Gasteiger partial charge >= 0.3 is 0 Å². The molecule has 2 N–H and O–H groups in total. The van der Waals surface area contributed by atoms with Gasteiger partial charge < -0.3 is 5.73 Å². The van der Waals surface area contributed by atoms with Crippen LogP contribution in [0.5, 0.6) is 0 Å². The molecule has 2 fully saturated rings. The molecule has 2 rings (SSSR count). The summed E-state index contributed by atoms with van der Waals surface area (Å²) < 4.78 is 29.6. The van der Waals surface area contributed by atoms with Crippen molar-refractivity contribution in [2.24, 2.45) is 11.7 Å². The summed E-state index contributed by atoms with van der Waals surface area (Å²) in [7, 11) is -3.37. The summed E-state index contributed by atoms with van der Waals surface area (Å²) in [4.78, 5) is 0. The molecule has 0 radical (unpaired) electrons. The molecule has 0 bridgehead atoms. The fourth-order valence-electron chi connectivity index (χ4n) is 4.00. The number of hydrogen-bond acceptors (Lipinski definition) is 3. The molecule has 1 heterocycles. The number of nitrogens with zero attached hydrogens (tertiary/aromatic N) is 2. The van der Waals surface area contributed by atoms with E-state index in [2.05, 4.69) is 6.92 Å². The van der Waals surface area contributed by atoms with Crippen LogP contribution in [0.25, 0.3) is 0 Å². The average Bonchev–Trinajstić information content (AvgIpc) is 2.99. The van der Waals surface area contributed by atoms with Crippen LogP contribution in [0, 0.1) is 5.92 Å². The summed E-state index contributed by atoms with van der Waals surface area (Å²) in [6, 6.07) is 0. The van der Waals surface area contributed by atoms with Crippen LogP contribution in [0.2, 0.25) is 0 Å². The first-order valence-electron chi connectivity index (χ1n) is 8.44. The van der Waals surface area contributed by atoms with E-state index in [1.807, 2.05) is 6.92 Å². The minimum Gasteiger partial charge on any atom is -0.329 e. The Morgan fingerprint density at radius 2 is 1.95 bits per heavy atom. The van der Waals surface area contributed by atoms with E-state index in [0.717, 1.165) is 38.5 Å². The third kappa shape index (κ3) is 3.44. The molecule has 5 nitrogen and oxygen atoms in total. The first kappa shape index (κ1) is 17.2. The monoisotopic (exact) mass is 317 g/mol. The smallest absolute Gasteiger partial charge is 0.282 e. The van der Waals surface area contributed by atoms with E-state index >= 15 is 0 Å². The van der Waals surface area contributed by atoms with Gasteiger partial charge in [0.1, 0.15) is 0 Å². The highest BCUT2D eigenvalue weighted by Gasteiger charge is 2.46. The molecule has 1 saturated heterocycles. The maximum absolute atomic E-state index is 13.1. The summed E-state index contributed by atoms with van der Waals surface area (Å²) in [5, 5.41) is 0. The third-order valence-electron chi connectivity index (χ3n) is 5.07. The fraction of sp³-hybridized carbons (Fsp3) is 1.00. The van der Waals surface area contributed by atoms with Gasteiger partial charge in [-0.25, -0.2) is 0 Å².